The number of hydrogen-bond donors (Lipinski definition) is 0. The van der Waals surface area contributed by atoms with Gasteiger partial charge in [-0.05, 0) is 12.8 Å². The lowest BCUT2D eigenvalue weighted by molar-refractivity contribution is -0.111. The van der Waals surface area contributed by atoms with Gasteiger partial charge in [0.15, 0.2) is 0 Å². The van der Waals surface area contributed by atoms with Crippen LogP contribution >= 0.6 is 0 Å². The molecule has 2 fully saturated rings. The van der Waals surface area contributed by atoms with E-state index in [-0.39, 0.29) is 0 Å². The monoisotopic (exact) mass is 155 g/mol. The Morgan fingerprint density at radius 2 is 2.00 bits per heavy atom. The normalized spacial score (nSPS) is 37.5. The molecule has 0 amide bonds. The van der Waals surface area contributed by atoms with E-state index in [1.165, 1.54) is 12.8 Å². The van der Waals surface area contributed by atoms with Crippen molar-refractivity contribution in [1.82, 2.24) is 4.90 Å². The third-order valence-corrected chi connectivity index (χ3v) is 2.45. The number of morpholine rings is 1. The van der Waals surface area contributed by atoms with E-state index in [4.69, 9.17) is 4.74 Å². The highest BCUT2D eigenvalue weighted by Gasteiger charge is 2.33. The number of rotatable bonds is 2. The van der Waals surface area contributed by atoms with Gasteiger partial charge in [0.05, 0.1) is 18.8 Å². The third kappa shape index (κ3) is 1.44. The maximum Gasteiger partial charge on any atom is 0.133 e. The number of aldehydes is 1. The van der Waals surface area contributed by atoms with E-state index >= 15 is 0 Å². The molecule has 2 aliphatic rings. The fourth-order valence-corrected chi connectivity index (χ4v) is 1.95. The maximum absolute atomic E-state index is 10.2. The van der Waals surface area contributed by atoms with Crippen LogP contribution in [0.15, 0.2) is 0 Å². The number of ether oxygens (including phenoxy) is 1. The highest BCUT2D eigenvalue weighted by molar-refractivity contribution is 5.52. The lowest BCUT2D eigenvalue weighted by atomic mass is 10.2. The van der Waals surface area contributed by atoms with Crippen LogP contribution in [0.3, 0.4) is 0 Å². The Labute approximate surface area is 66.3 Å². The fourth-order valence-electron chi connectivity index (χ4n) is 1.95. The predicted octanol–water partition coefficient (Wildman–Crippen LogP) is 0.0485. The van der Waals surface area contributed by atoms with Crippen LogP contribution in [0.25, 0.3) is 0 Å². The molecule has 2 bridgehead atoms. The summed E-state index contributed by atoms with van der Waals surface area (Å²) in [6.45, 7) is 2.49. The zero-order chi connectivity index (χ0) is 7.68. The Hall–Kier alpha value is -0.410. The number of likely N-dealkylation sites (tertiary alicyclic amines) is 1. The molecule has 0 aromatic heterocycles. The summed E-state index contributed by atoms with van der Waals surface area (Å²) in [5.74, 6) is 0. The number of carbonyl (C=O) groups excluding carboxylic acids is 1. The lowest BCUT2D eigenvalue weighted by Crippen LogP contribution is -2.43. The van der Waals surface area contributed by atoms with Crippen molar-refractivity contribution >= 4 is 6.29 Å². The predicted molar refractivity (Wildman–Crippen MR) is 40.4 cm³/mol. The molecule has 0 saturated carbocycles. The van der Waals surface area contributed by atoms with Gasteiger partial charge >= 0.3 is 0 Å². The van der Waals surface area contributed by atoms with E-state index in [0.29, 0.717) is 18.8 Å². The molecule has 0 radical (unpaired) electrons. The molecule has 0 aliphatic carbocycles. The summed E-state index contributed by atoms with van der Waals surface area (Å²) < 4.78 is 5.62. The molecule has 2 rings (SSSR count). The molecule has 3 nitrogen and oxygen atoms in total. The molecular weight excluding hydrogens is 142 g/mol. The van der Waals surface area contributed by atoms with Gasteiger partial charge in [0.2, 0.25) is 0 Å². The molecule has 0 spiro atoms. The Kier molecular flexibility index (Phi) is 1.92. The number of hydrogen-bond acceptors (Lipinski definition) is 3. The Morgan fingerprint density at radius 1 is 1.36 bits per heavy atom. The molecule has 2 heterocycles. The van der Waals surface area contributed by atoms with E-state index in [2.05, 4.69) is 4.90 Å². The van der Waals surface area contributed by atoms with Crippen molar-refractivity contribution in [2.75, 3.05) is 19.6 Å². The minimum atomic E-state index is 0.411. The average molecular weight is 155 g/mol. The average Bonchev–Trinajstić information content (AvgIpc) is 2.32. The molecule has 2 atom stereocenters. The van der Waals surface area contributed by atoms with E-state index in [0.717, 1.165) is 19.4 Å². The van der Waals surface area contributed by atoms with Gasteiger partial charge in [0.25, 0.3) is 0 Å². The van der Waals surface area contributed by atoms with Gasteiger partial charge in [-0.2, -0.15) is 0 Å². The van der Waals surface area contributed by atoms with Gasteiger partial charge in [0, 0.05) is 13.1 Å². The highest BCUT2D eigenvalue weighted by Crippen LogP contribution is 2.25. The van der Waals surface area contributed by atoms with E-state index < -0.39 is 0 Å². The van der Waals surface area contributed by atoms with Crippen LogP contribution in [-0.2, 0) is 9.53 Å². The molecule has 2 saturated heterocycles. The van der Waals surface area contributed by atoms with Crippen molar-refractivity contribution in [2.24, 2.45) is 0 Å². The standard InChI is InChI=1S/C8H13NO2/c10-4-3-9-5-7-1-2-8(6-9)11-7/h4,7-8H,1-3,5-6H2. The van der Waals surface area contributed by atoms with Gasteiger partial charge < -0.3 is 9.53 Å². The second-order valence-corrected chi connectivity index (χ2v) is 3.34. The van der Waals surface area contributed by atoms with Crippen LogP contribution in [0.2, 0.25) is 0 Å². The van der Waals surface area contributed by atoms with Crippen LogP contribution < -0.4 is 0 Å². The number of nitrogens with zero attached hydrogens (tertiary/aromatic N) is 1. The maximum atomic E-state index is 10.2. The quantitative estimate of drug-likeness (QED) is 0.528. The summed E-state index contributed by atoms with van der Waals surface area (Å²) in [5.41, 5.74) is 0. The molecule has 0 aromatic rings. The smallest absolute Gasteiger partial charge is 0.133 e. The number of fused-ring (bicyclic) bond motifs is 2. The highest BCUT2D eigenvalue weighted by atomic mass is 16.5. The Morgan fingerprint density at radius 3 is 2.55 bits per heavy atom. The first kappa shape index (κ1) is 7.25. The Balaban J connectivity index is 1.91. The second-order valence-electron chi connectivity index (χ2n) is 3.34. The first-order chi connectivity index (χ1) is 5.38. The van der Waals surface area contributed by atoms with Gasteiger partial charge in [-0.25, -0.2) is 0 Å². The van der Waals surface area contributed by atoms with Crippen LogP contribution in [0, 0.1) is 0 Å². The zero-order valence-electron chi connectivity index (χ0n) is 6.53. The fraction of sp³-hybridized carbons (Fsp3) is 0.875. The van der Waals surface area contributed by atoms with Crippen molar-refractivity contribution in [3.05, 3.63) is 0 Å². The molecule has 3 heteroatoms. The van der Waals surface area contributed by atoms with Gasteiger partial charge in [-0.15, -0.1) is 0 Å². The Bertz CT molecular complexity index is 148. The SMILES string of the molecule is O=CCN1CC2CCC(C1)O2. The largest absolute Gasteiger partial charge is 0.372 e. The topological polar surface area (TPSA) is 29.5 Å². The van der Waals surface area contributed by atoms with Crippen molar-refractivity contribution in [2.45, 2.75) is 25.0 Å². The summed E-state index contributed by atoms with van der Waals surface area (Å²) in [5, 5.41) is 0. The second kappa shape index (κ2) is 2.91. The summed E-state index contributed by atoms with van der Waals surface area (Å²) >= 11 is 0. The first-order valence-corrected chi connectivity index (χ1v) is 4.20. The summed E-state index contributed by atoms with van der Waals surface area (Å²) in [4.78, 5) is 12.4. The van der Waals surface area contributed by atoms with Crippen molar-refractivity contribution in [1.29, 1.82) is 0 Å². The molecule has 62 valence electrons. The lowest BCUT2D eigenvalue weighted by Gasteiger charge is -2.30. The summed E-state index contributed by atoms with van der Waals surface area (Å²) in [7, 11) is 0. The minimum absolute atomic E-state index is 0.411. The van der Waals surface area contributed by atoms with Crippen LogP contribution in [0.5, 0.6) is 0 Å². The third-order valence-electron chi connectivity index (χ3n) is 2.45. The van der Waals surface area contributed by atoms with Gasteiger partial charge in [-0.1, -0.05) is 0 Å². The first-order valence-electron chi connectivity index (χ1n) is 4.20. The van der Waals surface area contributed by atoms with E-state index in [9.17, 15) is 4.79 Å². The van der Waals surface area contributed by atoms with Crippen molar-refractivity contribution in [3.8, 4) is 0 Å². The van der Waals surface area contributed by atoms with Crippen molar-refractivity contribution < 1.29 is 9.53 Å². The van der Waals surface area contributed by atoms with Gasteiger partial charge in [-0.3, -0.25) is 4.90 Å². The van der Waals surface area contributed by atoms with Gasteiger partial charge in [0.1, 0.15) is 6.29 Å². The number of carbonyl (C=O) groups is 1. The van der Waals surface area contributed by atoms with E-state index in [1.807, 2.05) is 0 Å². The van der Waals surface area contributed by atoms with Crippen LogP contribution in [0.1, 0.15) is 12.8 Å². The van der Waals surface area contributed by atoms with Crippen molar-refractivity contribution in [3.63, 3.8) is 0 Å². The molecule has 0 aromatic carbocycles. The molecule has 2 unspecified atom stereocenters. The molecular formula is C8H13NO2. The molecule has 11 heavy (non-hydrogen) atoms. The van der Waals surface area contributed by atoms with E-state index in [1.54, 1.807) is 0 Å². The minimum Gasteiger partial charge on any atom is -0.372 e. The molecule has 2 aliphatic heterocycles. The summed E-state index contributed by atoms with van der Waals surface area (Å²) in [6, 6.07) is 0. The van der Waals surface area contributed by atoms with Crippen LogP contribution in [0.4, 0.5) is 0 Å². The molecule has 0 N–H and O–H groups in total. The zero-order valence-corrected chi connectivity index (χ0v) is 6.53. The summed E-state index contributed by atoms with van der Waals surface area (Å²) in [6.07, 6.45) is 4.16. The van der Waals surface area contributed by atoms with Crippen LogP contribution in [-0.4, -0.2) is 43.0 Å².